The highest BCUT2D eigenvalue weighted by Crippen LogP contribution is 2.35. The Bertz CT molecular complexity index is 1620. The molecule has 4 aromatic rings. The number of halogens is 3. The number of nitrogens with zero attached hydrogens (tertiary/aromatic N) is 3. The molecule has 1 saturated heterocycles. The number of carbonyl (C=O) groups is 1. The van der Waals surface area contributed by atoms with E-state index in [0.29, 0.717) is 49.2 Å². The average molecular weight is 601 g/mol. The summed E-state index contributed by atoms with van der Waals surface area (Å²) in [5.41, 5.74) is 1.32. The Balaban J connectivity index is 1.21. The normalized spacial score (nSPS) is 15.1. The van der Waals surface area contributed by atoms with E-state index in [2.05, 4.69) is 15.3 Å². The van der Waals surface area contributed by atoms with Crippen LogP contribution in [0, 0.1) is 0 Å². The number of benzene rings is 2. The summed E-state index contributed by atoms with van der Waals surface area (Å²) in [5.74, 6) is -0.444. The fourth-order valence-corrected chi connectivity index (χ4v) is 7.23. The number of rotatable bonds is 8. The molecule has 7 nitrogen and oxygen atoms in total. The summed E-state index contributed by atoms with van der Waals surface area (Å²) in [6, 6.07) is 17.0. The molecule has 3 heterocycles. The Hall–Kier alpha value is -3.61. The molecule has 0 aliphatic carbocycles. The highest BCUT2D eigenvalue weighted by molar-refractivity contribution is 7.89. The van der Waals surface area contributed by atoms with Crippen LogP contribution in [0.5, 0.6) is 0 Å². The van der Waals surface area contributed by atoms with Crippen molar-refractivity contribution in [2.24, 2.45) is 0 Å². The predicted molar refractivity (Wildman–Crippen MR) is 152 cm³/mol. The van der Waals surface area contributed by atoms with Gasteiger partial charge in [-0.3, -0.25) is 9.78 Å². The Morgan fingerprint density at radius 1 is 1.02 bits per heavy atom. The second-order valence-corrected chi connectivity index (χ2v) is 12.7. The molecule has 12 heteroatoms. The van der Waals surface area contributed by atoms with Crippen molar-refractivity contribution in [3.63, 3.8) is 0 Å². The first-order valence-corrected chi connectivity index (χ1v) is 15.5. The zero-order valence-electron chi connectivity index (χ0n) is 21.8. The molecule has 2 aromatic carbocycles. The van der Waals surface area contributed by atoms with E-state index in [4.69, 9.17) is 0 Å². The monoisotopic (exact) mass is 600 g/mol. The number of sulfonamides is 1. The van der Waals surface area contributed by atoms with Gasteiger partial charge in [0.15, 0.2) is 0 Å². The molecular weight excluding hydrogens is 573 g/mol. The minimum Gasteiger partial charge on any atom is -0.320 e. The fraction of sp³-hybridized carbons (Fsp3) is 0.276. The van der Waals surface area contributed by atoms with Crippen molar-refractivity contribution >= 4 is 33.0 Å². The van der Waals surface area contributed by atoms with Crippen molar-refractivity contribution in [2.75, 3.05) is 24.2 Å². The van der Waals surface area contributed by atoms with Crippen LogP contribution < -0.4 is 5.32 Å². The van der Waals surface area contributed by atoms with Crippen LogP contribution in [-0.4, -0.2) is 47.4 Å². The number of hydrogen-bond donors (Lipinski definition) is 1. The third-order valence-electron chi connectivity index (χ3n) is 6.97. The molecule has 1 fully saturated rings. The van der Waals surface area contributed by atoms with Crippen molar-refractivity contribution in [3.05, 3.63) is 100 Å². The van der Waals surface area contributed by atoms with E-state index in [9.17, 15) is 26.4 Å². The van der Waals surface area contributed by atoms with Gasteiger partial charge in [0.1, 0.15) is 5.69 Å². The van der Waals surface area contributed by atoms with E-state index in [1.165, 1.54) is 21.7 Å². The molecule has 2 aromatic heterocycles. The van der Waals surface area contributed by atoms with Gasteiger partial charge in [-0.05, 0) is 48.7 Å². The van der Waals surface area contributed by atoms with Crippen molar-refractivity contribution in [3.8, 4) is 11.1 Å². The summed E-state index contributed by atoms with van der Waals surface area (Å²) in [6.45, 7) is 0.751. The number of alkyl halides is 3. The average Bonchev–Trinajstić information content (AvgIpc) is 3.48. The lowest BCUT2D eigenvalue weighted by Crippen LogP contribution is -2.39. The second kappa shape index (κ2) is 12.1. The van der Waals surface area contributed by atoms with Crippen LogP contribution >= 0.6 is 11.3 Å². The van der Waals surface area contributed by atoms with E-state index in [1.54, 1.807) is 48.0 Å². The maximum absolute atomic E-state index is 13.2. The molecule has 0 radical (unpaired) electrons. The summed E-state index contributed by atoms with van der Waals surface area (Å²) in [6.07, 6.45) is -1.30. The molecule has 1 aliphatic rings. The molecule has 5 rings (SSSR count). The van der Waals surface area contributed by atoms with Gasteiger partial charge in [0, 0.05) is 53.9 Å². The number of anilines is 1. The molecule has 1 aliphatic heterocycles. The molecule has 214 valence electrons. The van der Waals surface area contributed by atoms with Crippen molar-refractivity contribution in [2.45, 2.75) is 31.4 Å². The standard InChI is InChI=1S/C29H27F3N4O3S2/c30-29(31,32)22-7-5-6-21(18-22)24-9-1-2-10-25(24)34-27(37)26-19-40-28(35-26)20-11-15-36(16-12-20)41(38,39)17-13-23-8-3-4-14-33-23/h1-10,14,18-20H,11-13,15-17H2,(H,34,37). The summed E-state index contributed by atoms with van der Waals surface area (Å²) in [4.78, 5) is 21.8. The number of pyridine rings is 1. The van der Waals surface area contributed by atoms with Crippen LogP contribution in [-0.2, 0) is 22.6 Å². The molecule has 0 spiro atoms. The number of para-hydroxylation sites is 1. The number of carbonyl (C=O) groups excluding carboxylic acids is 1. The first-order valence-electron chi connectivity index (χ1n) is 13.0. The van der Waals surface area contributed by atoms with Gasteiger partial charge < -0.3 is 5.32 Å². The number of nitrogens with one attached hydrogen (secondary N) is 1. The molecule has 0 atom stereocenters. The molecule has 41 heavy (non-hydrogen) atoms. The molecule has 0 saturated carbocycles. The maximum atomic E-state index is 13.2. The minimum atomic E-state index is -4.48. The lowest BCUT2D eigenvalue weighted by Gasteiger charge is -2.30. The van der Waals surface area contributed by atoms with E-state index >= 15 is 0 Å². The SMILES string of the molecule is O=C(Nc1ccccc1-c1cccc(C(F)(F)F)c1)c1csc(C2CCN(S(=O)(=O)CCc3ccccn3)CC2)n1. The summed E-state index contributed by atoms with van der Waals surface area (Å²) >= 11 is 1.34. The number of aromatic nitrogens is 2. The van der Waals surface area contributed by atoms with E-state index in [1.807, 2.05) is 12.1 Å². The predicted octanol–water partition coefficient (Wildman–Crippen LogP) is 6.23. The second-order valence-electron chi connectivity index (χ2n) is 9.71. The number of amides is 1. The van der Waals surface area contributed by atoms with Crippen molar-refractivity contribution in [1.29, 1.82) is 0 Å². The van der Waals surface area contributed by atoms with Crippen LogP contribution in [0.4, 0.5) is 18.9 Å². The number of thiazole rings is 1. The van der Waals surface area contributed by atoms with Gasteiger partial charge in [0.2, 0.25) is 10.0 Å². The molecule has 0 bridgehead atoms. The summed E-state index contributed by atoms with van der Waals surface area (Å²) in [7, 11) is -3.42. The molecule has 1 N–H and O–H groups in total. The summed E-state index contributed by atoms with van der Waals surface area (Å²) < 4.78 is 66.9. The maximum Gasteiger partial charge on any atom is 0.416 e. The smallest absolute Gasteiger partial charge is 0.320 e. The number of piperidine rings is 1. The van der Waals surface area contributed by atoms with E-state index < -0.39 is 27.7 Å². The van der Waals surface area contributed by atoms with Gasteiger partial charge in [0.05, 0.1) is 16.3 Å². The lowest BCUT2D eigenvalue weighted by atomic mass is 9.99. The van der Waals surface area contributed by atoms with Gasteiger partial charge >= 0.3 is 6.18 Å². The van der Waals surface area contributed by atoms with Gasteiger partial charge in [-0.15, -0.1) is 11.3 Å². The van der Waals surface area contributed by atoms with Crippen LogP contribution in [0.1, 0.15) is 45.5 Å². The summed E-state index contributed by atoms with van der Waals surface area (Å²) in [5, 5.41) is 5.19. The first kappa shape index (κ1) is 28.9. The van der Waals surface area contributed by atoms with Crippen molar-refractivity contribution < 1.29 is 26.4 Å². The molecule has 0 unspecified atom stereocenters. The topological polar surface area (TPSA) is 92.3 Å². The van der Waals surface area contributed by atoms with Crippen molar-refractivity contribution in [1.82, 2.24) is 14.3 Å². The van der Waals surface area contributed by atoms with E-state index in [-0.39, 0.29) is 17.4 Å². The highest BCUT2D eigenvalue weighted by atomic mass is 32.2. The zero-order chi connectivity index (χ0) is 29.0. The highest BCUT2D eigenvalue weighted by Gasteiger charge is 2.31. The largest absolute Gasteiger partial charge is 0.416 e. The fourth-order valence-electron chi connectivity index (χ4n) is 4.76. The third-order valence-corrected chi connectivity index (χ3v) is 9.85. The van der Waals surface area contributed by atoms with Gasteiger partial charge in [-0.25, -0.2) is 17.7 Å². The number of hydrogen-bond acceptors (Lipinski definition) is 6. The van der Waals surface area contributed by atoms with E-state index in [0.717, 1.165) is 22.8 Å². The van der Waals surface area contributed by atoms with Crippen LogP contribution in [0.25, 0.3) is 11.1 Å². The first-order chi connectivity index (χ1) is 19.6. The van der Waals surface area contributed by atoms with Gasteiger partial charge in [-0.2, -0.15) is 13.2 Å². The Kier molecular flexibility index (Phi) is 8.52. The Morgan fingerprint density at radius 2 is 1.78 bits per heavy atom. The molecular formula is C29H27F3N4O3S2. The van der Waals surface area contributed by atoms with Crippen LogP contribution in [0.2, 0.25) is 0 Å². The number of aryl methyl sites for hydroxylation is 1. The molecule has 1 amide bonds. The van der Waals surface area contributed by atoms with Gasteiger partial charge in [0.25, 0.3) is 5.91 Å². The van der Waals surface area contributed by atoms with Gasteiger partial charge in [-0.1, -0.05) is 36.4 Å². The van der Waals surface area contributed by atoms with Crippen LogP contribution in [0.3, 0.4) is 0 Å². The Morgan fingerprint density at radius 3 is 2.51 bits per heavy atom. The van der Waals surface area contributed by atoms with Crippen LogP contribution in [0.15, 0.2) is 78.3 Å². The quantitative estimate of drug-likeness (QED) is 0.259. The third kappa shape index (κ3) is 7.00. The Labute approximate surface area is 240 Å². The zero-order valence-corrected chi connectivity index (χ0v) is 23.5. The minimum absolute atomic E-state index is 0.00176. The lowest BCUT2D eigenvalue weighted by molar-refractivity contribution is -0.137.